The summed E-state index contributed by atoms with van der Waals surface area (Å²) in [5.74, 6) is -0.781. The standard InChI is InChI=1S/C19H17FN4O2S/c20-12-8-14(17-15(9-12)22-19(27)23-17)18(26)21-10-11-3-5-13(6-4-11)24-7-1-2-16(24)25/h3-6,8-9H,1-2,7,10H2,(H,21,26)(H2,22,23,27). The Kier molecular flexibility index (Phi) is 4.49. The second kappa shape index (κ2) is 6.96. The van der Waals surface area contributed by atoms with Crippen LogP contribution in [0.15, 0.2) is 36.4 Å². The summed E-state index contributed by atoms with van der Waals surface area (Å²) in [6.45, 7) is 1.03. The number of hydrogen-bond acceptors (Lipinski definition) is 3. The van der Waals surface area contributed by atoms with Crippen LogP contribution in [0, 0.1) is 10.6 Å². The van der Waals surface area contributed by atoms with Crippen LogP contribution in [0.2, 0.25) is 0 Å². The molecule has 138 valence electrons. The number of imidazole rings is 1. The molecule has 1 aliphatic heterocycles. The summed E-state index contributed by atoms with van der Waals surface area (Å²) >= 11 is 5.02. The predicted molar refractivity (Wildman–Crippen MR) is 103 cm³/mol. The molecule has 0 radical (unpaired) electrons. The molecule has 3 N–H and O–H groups in total. The minimum absolute atomic E-state index is 0.134. The number of benzene rings is 2. The molecule has 0 aliphatic carbocycles. The minimum atomic E-state index is -0.516. The van der Waals surface area contributed by atoms with Gasteiger partial charge >= 0.3 is 0 Å². The van der Waals surface area contributed by atoms with E-state index in [1.807, 2.05) is 24.3 Å². The lowest BCUT2D eigenvalue weighted by atomic mass is 10.1. The third-order valence-corrected chi connectivity index (χ3v) is 4.81. The number of halogens is 1. The molecule has 6 nitrogen and oxygen atoms in total. The van der Waals surface area contributed by atoms with Gasteiger partial charge in [0, 0.05) is 25.2 Å². The van der Waals surface area contributed by atoms with E-state index in [1.54, 1.807) is 4.90 Å². The van der Waals surface area contributed by atoms with Crippen LogP contribution in [0.4, 0.5) is 10.1 Å². The lowest BCUT2D eigenvalue weighted by molar-refractivity contribution is -0.117. The first-order valence-electron chi connectivity index (χ1n) is 8.60. The number of carbonyl (C=O) groups excluding carboxylic acids is 2. The topological polar surface area (TPSA) is 81.0 Å². The van der Waals surface area contributed by atoms with Crippen LogP contribution in [0.5, 0.6) is 0 Å². The van der Waals surface area contributed by atoms with E-state index in [0.29, 0.717) is 22.2 Å². The number of anilines is 1. The normalized spacial score (nSPS) is 14.1. The smallest absolute Gasteiger partial charge is 0.253 e. The van der Waals surface area contributed by atoms with Crippen LogP contribution in [-0.4, -0.2) is 28.3 Å². The molecule has 1 aliphatic rings. The quantitative estimate of drug-likeness (QED) is 0.603. The molecule has 0 saturated carbocycles. The Morgan fingerprint density at radius 2 is 2.00 bits per heavy atom. The molecule has 8 heteroatoms. The van der Waals surface area contributed by atoms with Crippen molar-refractivity contribution in [3.8, 4) is 0 Å². The zero-order chi connectivity index (χ0) is 19.0. The van der Waals surface area contributed by atoms with Crippen LogP contribution >= 0.6 is 12.2 Å². The van der Waals surface area contributed by atoms with Gasteiger partial charge < -0.3 is 20.2 Å². The minimum Gasteiger partial charge on any atom is -0.348 e. The molecule has 2 aromatic carbocycles. The highest BCUT2D eigenvalue weighted by molar-refractivity contribution is 7.71. The highest BCUT2D eigenvalue weighted by atomic mass is 32.1. The van der Waals surface area contributed by atoms with Gasteiger partial charge in [-0.2, -0.15) is 0 Å². The molecule has 0 spiro atoms. The Hall–Kier alpha value is -3.00. The summed E-state index contributed by atoms with van der Waals surface area (Å²) in [5.41, 5.74) is 2.86. The molecule has 1 fully saturated rings. The monoisotopic (exact) mass is 384 g/mol. The van der Waals surface area contributed by atoms with Crippen LogP contribution in [0.3, 0.4) is 0 Å². The van der Waals surface area contributed by atoms with Crippen molar-refractivity contribution in [1.29, 1.82) is 0 Å². The molecule has 4 rings (SSSR count). The molecule has 2 amide bonds. The van der Waals surface area contributed by atoms with E-state index in [4.69, 9.17) is 12.2 Å². The van der Waals surface area contributed by atoms with Gasteiger partial charge in [0.15, 0.2) is 4.77 Å². The van der Waals surface area contributed by atoms with E-state index in [1.165, 1.54) is 12.1 Å². The van der Waals surface area contributed by atoms with Crippen molar-refractivity contribution in [3.63, 3.8) is 0 Å². The van der Waals surface area contributed by atoms with E-state index < -0.39 is 11.7 Å². The number of nitrogens with zero attached hydrogens (tertiary/aromatic N) is 1. The van der Waals surface area contributed by atoms with Gasteiger partial charge in [0.05, 0.1) is 16.6 Å². The van der Waals surface area contributed by atoms with E-state index in [9.17, 15) is 14.0 Å². The number of carbonyl (C=O) groups is 2. The Labute approximate surface area is 159 Å². The fraction of sp³-hybridized carbons (Fsp3) is 0.211. The average molecular weight is 384 g/mol. The van der Waals surface area contributed by atoms with E-state index >= 15 is 0 Å². The lowest BCUT2D eigenvalue weighted by Crippen LogP contribution is -2.24. The first-order valence-corrected chi connectivity index (χ1v) is 9.01. The van der Waals surface area contributed by atoms with Crippen molar-refractivity contribution < 1.29 is 14.0 Å². The Bertz CT molecular complexity index is 1090. The Balaban J connectivity index is 1.48. The molecule has 3 aromatic rings. The summed E-state index contributed by atoms with van der Waals surface area (Å²) in [6.07, 6.45) is 1.46. The van der Waals surface area contributed by atoms with Gasteiger partial charge in [-0.05, 0) is 48.5 Å². The predicted octanol–water partition coefficient (Wildman–Crippen LogP) is 3.42. The number of hydrogen-bond donors (Lipinski definition) is 3. The molecule has 2 heterocycles. The second-order valence-electron chi connectivity index (χ2n) is 6.45. The van der Waals surface area contributed by atoms with Crippen molar-refractivity contribution in [3.05, 3.63) is 58.1 Å². The maximum atomic E-state index is 13.8. The number of rotatable bonds is 4. The summed E-state index contributed by atoms with van der Waals surface area (Å²) < 4.78 is 14.1. The average Bonchev–Trinajstić information content (AvgIpc) is 3.24. The van der Waals surface area contributed by atoms with Crippen molar-refractivity contribution >= 4 is 40.8 Å². The first-order chi connectivity index (χ1) is 13.0. The number of amides is 2. The highest BCUT2D eigenvalue weighted by Gasteiger charge is 2.21. The Morgan fingerprint density at radius 1 is 1.22 bits per heavy atom. The van der Waals surface area contributed by atoms with Gasteiger partial charge in [0.25, 0.3) is 5.91 Å². The number of aromatic nitrogens is 2. The van der Waals surface area contributed by atoms with Crippen molar-refractivity contribution in [2.45, 2.75) is 19.4 Å². The molecular weight excluding hydrogens is 367 g/mol. The maximum absolute atomic E-state index is 13.8. The number of nitrogens with one attached hydrogen (secondary N) is 3. The van der Waals surface area contributed by atoms with Gasteiger partial charge in [0.1, 0.15) is 5.82 Å². The molecular formula is C19H17FN4O2S. The zero-order valence-electron chi connectivity index (χ0n) is 14.3. The van der Waals surface area contributed by atoms with Crippen molar-refractivity contribution in [2.75, 3.05) is 11.4 Å². The van der Waals surface area contributed by atoms with E-state index in [2.05, 4.69) is 15.3 Å². The third kappa shape index (κ3) is 3.48. The van der Waals surface area contributed by atoms with Gasteiger partial charge in [0.2, 0.25) is 5.91 Å². The third-order valence-electron chi connectivity index (χ3n) is 4.61. The number of fused-ring (bicyclic) bond motifs is 1. The summed E-state index contributed by atoms with van der Waals surface area (Å²) in [7, 11) is 0. The Morgan fingerprint density at radius 3 is 2.70 bits per heavy atom. The highest BCUT2D eigenvalue weighted by Crippen LogP contribution is 2.22. The number of aromatic amines is 2. The lowest BCUT2D eigenvalue weighted by Gasteiger charge is -2.16. The zero-order valence-corrected chi connectivity index (χ0v) is 15.2. The SMILES string of the molecule is O=C(NCc1ccc(N2CCCC2=O)cc1)c1cc(F)cc2[nH]c(=S)[nH]c12. The van der Waals surface area contributed by atoms with Crippen LogP contribution in [0.25, 0.3) is 11.0 Å². The van der Waals surface area contributed by atoms with Crippen molar-refractivity contribution in [1.82, 2.24) is 15.3 Å². The first kappa shape index (κ1) is 17.4. The van der Waals surface area contributed by atoms with Gasteiger partial charge in [-0.25, -0.2) is 4.39 Å². The summed E-state index contributed by atoms with van der Waals surface area (Å²) in [5, 5.41) is 2.79. The molecule has 0 unspecified atom stereocenters. The van der Waals surface area contributed by atoms with Crippen LogP contribution in [-0.2, 0) is 11.3 Å². The van der Waals surface area contributed by atoms with E-state index in [-0.39, 0.29) is 18.0 Å². The maximum Gasteiger partial charge on any atom is 0.253 e. The van der Waals surface area contributed by atoms with Crippen molar-refractivity contribution in [2.24, 2.45) is 0 Å². The molecule has 1 saturated heterocycles. The van der Waals surface area contributed by atoms with E-state index in [0.717, 1.165) is 24.2 Å². The van der Waals surface area contributed by atoms with Crippen LogP contribution in [0.1, 0.15) is 28.8 Å². The summed E-state index contributed by atoms with van der Waals surface area (Å²) in [6, 6.07) is 9.94. The second-order valence-corrected chi connectivity index (χ2v) is 6.86. The van der Waals surface area contributed by atoms with Crippen LogP contribution < -0.4 is 10.2 Å². The number of H-pyrrole nitrogens is 2. The van der Waals surface area contributed by atoms with Gasteiger partial charge in [-0.15, -0.1) is 0 Å². The fourth-order valence-electron chi connectivity index (χ4n) is 3.28. The largest absolute Gasteiger partial charge is 0.348 e. The molecule has 27 heavy (non-hydrogen) atoms. The summed E-state index contributed by atoms with van der Waals surface area (Å²) in [4.78, 5) is 31.8. The van der Waals surface area contributed by atoms with Gasteiger partial charge in [-0.3, -0.25) is 9.59 Å². The molecule has 1 aromatic heterocycles. The molecule has 0 atom stereocenters. The van der Waals surface area contributed by atoms with Gasteiger partial charge in [-0.1, -0.05) is 12.1 Å². The molecule has 0 bridgehead atoms. The fourth-order valence-corrected chi connectivity index (χ4v) is 3.49.